The molecule has 1 radical (unpaired) electrons. The lowest BCUT2D eigenvalue weighted by Crippen LogP contribution is -1.97. The van der Waals surface area contributed by atoms with Gasteiger partial charge < -0.3 is 5.73 Å². The Morgan fingerprint density at radius 3 is 2.68 bits per heavy atom. The molecule has 0 aliphatic heterocycles. The largest absolute Gasteiger partial charge is 0.384 e. The van der Waals surface area contributed by atoms with Crippen LogP contribution < -0.4 is 5.73 Å². The van der Waals surface area contributed by atoms with Gasteiger partial charge >= 0.3 is 0 Å². The molecule has 0 spiro atoms. The van der Waals surface area contributed by atoms with Gasteiger partial charge in [-0.2, -0.15) is 5.10 Å². The highest BCUT2D eigenvalue weighted by atomic mass is 15.3. The topological polar surface area (TPSA) is 69.1 Å². The van der Waals surface area contributed by atoms with Crippen molar-refractivity contribution in [2.45, 2.75) is 0 Å². The van der Waals surface area contributed by atoms with Crippen molar-refractivity contribution in [2.24, 2.45) is 0 Å². The van der Waals surface area contributed by atoms with Gasteiger partial charge in [0.15, 0.2) is 5.65 Å². The Morgan fingerprint density at radius 2 is 1.91 bits per heavy atom. The van der Waals surface area contributed by atoms with E-state index in [4.69, 9.17) is 5.73 Å². The molecule has 3 aromatic heterocycles. The Morgan fingerprint density at radius 1 is 0.955 bits per heavy atom. The van der Waals surface area contributed by atoms with Gasteiger partial charge in [0.1, 0.15) is 5.82 Å². The van der Waals surface area contributed by atoms with E-state index in [-0.39, 0.29) is 0 Å². The van der Waals surface area contributed by atoms with Crippen molar-refractivity contribution in [2.75, 3.05) is 5.73 Å². The van der Waals surface area contributed by atoms with Gasteiger partial charge in [-0.15, -0.1) is 0 Å². The minimum atomic E-state index is 0.493. The van der Waals surface area contributed by atoms with Crippen LogP contribution in [-0.4, -0.2) is 19.6 Å². The zero-order valence-electron chi connectivity index (χ0n) is 11.6. The lowest BCUT2D eigenvalue weighted by molar-refractivity contribution is 0.948. The normalized spacial score (nSPS) is 10.9. The number of pyridine rings is 1. The monoisotopic (exact) mass is 286 g/mol. The lowest BCUT2D eigenvalue weighted by Gasteiger charge is -2.04. The van der Waals surface area contributed by atoms with Crippen LogP contribution in [0.4, 0.5) is 5.82 Å². The van der Waals surface area contributed by atoms with Crippen LogP contribution in [0.2, 0.25) is 0 Å². The molecule has 0 aliphatic carbocycles. The van der Waals surface area contributed by atoms with Gasteiger partial charge in [-0.1, -0.05) is 18.2 Å². The van der Waals surface area contributed by atoms with E-state index in [1.165, 1.54) is 0 Å². The molecule has 0 amide bonds. The summed E-state index contributed by atoms with van der Waals surface area (Å²) < 4.78 is 1.83. The third kappa shape index (κ3) is 2.09. The molecule has 1 aromatic carbocycles. The first-order chi connectivity index (χ1) is 10.8. The van der Waals surface area contributed by atoms with E-state index < -0.39 is 0 Å². The number of imidazole rings is 1. The molecule has 0 unspecified atom stereocenters. The number of nitrogens with zero attached hydrogens (tertiary/aromatic N) is 4. The summed E-state index contributed by atoms with van der Waals surface area (Å²) >= 11 is 0. The minimum Gasteiger partial charge on any atom is -0.384 e. The lowest BCUT2D eigenvalue weighted by atomic mass is 10.2. The first-order valence-corrected chi connectivity index (χ1v) is 6.84. The van der Waals surface area contributed by atoms with Crippen molar-refractivity contribution in [1.29, 1.82) is 0 Å². The van der Waals surface area contributed by atoms with Gasteiger partial charge in [-0.05, 0) is 36.4 Å². The molecule has 0 bridgehead atoms. The third-order valence-corrected chi connectivity index (χ3v) is 3.45. The molecule has 22 heavy (non-hydrogen) atoms. The molecular weight excluding hydrogens is 274 g/mol. The second kappa shape index (κ2) is 4.96. The number of rotatable bonds is 2. The van der Waals surface area contributed by atoms with E-state index in [1.54, 1.807) is 12.3 Å². The van der Waals surface area contributed by atoms with Crippen molar-refractivity contribution in [3.05, 3.63) is 67.0 Å². The van der Waals surface area contributed by atoms with Crippen molar-refractivity contribution in [3.8, 4) is 22.5 Å². The highest BCUT2D eigenvalue weighted by molar-refractivity contribution is 5.65. The first kappa shape index (κ1) is 12.5. The van der Waals surface area contributed by atoms with Crippen LogP contribution in [0.15, 0.2) is 60.9 Å². The SMILES string of the molecule is Nc1ccc(-c2ccc3ncc(-c4c[c]ccc4)n3n2)cn1. The molecule has 4 aromatic rings. The van der Waals surface area contributed by atoms with E-state index in [2.05, 4.69) is 21.1 Å². The Labute approximate surface area is 127 Å². The maximum Gasteiger partial charge on any atom is 0.154 e. The minimum absolute atomic E-state index is 0.493. The average molecular weight is 286 g/mol. The Bertz CT molecular complexity index is 926. The summed E-state index contributed by atoms with van der Waals surface area (Å²) in [7, 11) is 0. The molecule has 0 aliphatic rings. The van der Waals surface area contributed by atoms with Gasteiger partial charge in [0.2, 0.25) is 0 Å². The molecule has 4 rings (SSSR count). The molecule has 0 saturated heterocycles. The summed E-state index contributed by atoms with van der Waals surface area (Å²) in [5.41, 5.74) is 10.1. The van der Waals surface area contributed by atoms with Crippen molar-refractivity contribution in [1.82, 2.24) is 19.6 Å². The van der Waals surface area contributed by atoms with Crippen LogP contribution in [0, 0.1) is 6.07 Å². The maximum atomic E-state index is 5.63. The van der Waals surface area contributed by atoms with Crippen molar-refractivity contribution in [3.63, 3.8) is 0 Å². The zero-order chi connectivity index (χ0) is 14.9. The number of benzene rings is 1. The predicted molar refractivity (Wildman–Crippen MR) is 84.9 cm³/mol. The molecule has 5 heteroatoms. The molecular formula is C17H12N5. The van der Waals surface area contributed by atoms with Crippen molar-refractivity contribution < 1.29 is 0 Å². The third-order valence-electron chi connectivity index (χ3n) is 3.45. The molecule has 5 nitrogen and oxygen atoms in total. The van der Waals surface area contributed by atoms with E-state index >= 15 is 0 Å². The quantitative estimate of drug-likeness (QED) is 0.615. The van der Waals surface area contributed by atoms with E-state index in [1.807, 2.05) is 53.2 Å². The first-order valence-electron chi connectivity index (χ1n) is 6.84. The van der Waals surface area contributed by atoms with E-state index in [0.29, 0.717) is 5.82 Å². The number of anilines is 1. The molecule has 0 fully saturated rings. The van der Waals surface area contributed by atoms with Gasteiger partial charge in [0.25, 0.3) is 0 Å². The standard InChI is InChI=1S/C17H12N5/c18-16-8-6-13(10-19-16)14-7-9-17-20-11-15(22(17)21-14)12-4-2-1-3-5-12/h1-2,4-11H,(H2,18,19). The summed E-state index contributed by atoms with van der Waals surface area (Å²) in [6.45, 7) is 0. The summed E-state index contributed by atoms with van der Waals surface area (Å²) in [6.07, 6.45) is 3.53. The van der Waals surface area contributed by atoms with Crippen LogP contribution in [-0.2, 0) is 0 Å². The molecule has 105 valence electrons. The highest BCUT2D eigenvalue weighted by Gasteiger charge is 2.08. The summed E-state index contributed by atoms with van der Waals surface area (Å²) in [4.78, 5) is 8.51. The number of aromatic nitrogens is 4. The zero-order valence-corrected chi connectivity index (χ0v) is 11.6. The number of hydrogen-bond donors (Lipinski definition) is 1. The second-order valence-electron chi connectivity index (χ2n) is 4.90. The van der Waals surface area contributed by atoms with Crippen LogP contribution >= 0.6 is 0 Å². The molecule has 0 saturated carbocycles. The van der Waals surface area contributed by atoms with E-state index in [9.17, 15) is 0 Å². The average Bonchev–Trinajstić information content (AvgIpc) is 2.99. The maximum absolute atomic E-state index is 5.63. The van der Waals surface area contributed by atoms with Crippen LogP contribution in [0.3, 0.4) is 0 Å². The number of fused-ring (bicyclic) bond motifs is 1. The van der Waals surface area contributed by atoms with Gasteiger partial charge in [-0.25, -0.2) is 14.5 Å². The Kier molecular flexibility index (Phi) is 2.83. The molecule has 3 heterocycles. The fourth-order valence-electron chi connectivity index (χ4n) is 2.33. The number of nitrogens with two attached hydrogens (primary N) is 1. The summed E-state index contributed by atoms with van der Waals surface area (Å²) in [5.74, 6) is 0.493. The summed E-state index contributed by atoms with van der Waals surface area (Å²) in [5, 5.41) is 4.67. The Balaban J connectivity index is 1.88. The van der Waals surface area contributed by atoms with Gasteiger partial charge in [0, 0.05) is 17.3 Å². The second-order valence-corrected chi connectivity index (χ2v) is 4.90. The number of hydrogen-bond acceptors (Lipinski definition) is 4. The highest BCUT2D eigenvalue weighted by Crippen LogP contribution is 2.22. The Hall–Kier alpha value is -3.21. The van der Waals surface area contributed by atoms with Crippen LogP contribution in [0.1, 0.15) is 0 Å². The van der Waals surface area contributed by atoms with E-state index in [0.717, 1.165) is 28.2 Å². The summed E-state index contributed by atoms with van der Waals surface area (Å²) in [6, 6.07) is 18.4. The van der Waals surface area contributed by atoms with Crippen LogP contribution in [0.5, 0.6) is 0 Å². The molecule has 0 atom stereocenters. The smallest absolute Gasteiger partial charge is 0.154 e. The van der Waals surface area contributed by atoms with Gasteiger partial charge in [-0.3, -0.25) is 0 Å². The molecule has 2 N–H and O–H groups in total. The number of nitrogen functional groups attached to an aromatic ring is 1. The fourth-order valence-corrected chi connectivity index (χ4v) is 2.33. The predicted octanol–water partition coefficient (Wildman–Crippen LogP) is 2.84. The fraction of sp³-hybridized carbons (Fsp3) is 0. The van der Waals surface area contributed by atoms with Crippen molar-refractivity contribution >= 4 is 11.5 Å². The van der Waals surface area contributed by atoms with Crippen LogP contribution in [0.25, 0.3) is 28.2 Å². The van der Waals surface area contributed by atoms with Gasteiger partial charge in [0.05, 0.1) is 17.6 Å².